The molecule has 8 nitrogen and oxygen atoms in total. The van der Waals surface area contributed by atoms with E-state index in [1.165, 1.54) is 6.21 Å². The number of carboxylic acids is 1. The number of carboxylic acid groups (broad SMARTS) is 1. The van der Waals surface area contributed by atoms with Crippen molar-refractivity contribution in [1.82, 2.24) is 10.7 Å². The summed E-state index contributed by atoms with van der Waals surface area (Å²) in [7, 11) is 0. The van der Waals surface area contributed by atoms with Gasteiger partial charge >= 0.3 is 5.97 Å². The highest BCUT2D eigenvalue weighted by molar-refractivity contribution is 5.97. The van der Waals surface area contributed by atoms with Crippen LogP contribution in [0.15, 0.2) is 53.6 Å². The molecule has 0 heterocycles. The van der Waals surface area contributed by atoms with E-state index >= 15 is 0 Å². The van der Waals surface area contributed by atoms with Crippen molar-refractivity contribution in [1.29, 1.82) is 0 Å². The monoisotopic (exact) mass is 411 g/mol. The summed E-state index contributed by atoms with van der Waals surface area (Å²) in [4.78, 5) is 35.5. The molecule has 0 saturated carbocycles. The molecule has 0 bridgehead atoms. The number of carbonyl (C=O) groups is 3. The average molecular weight is 411 g/mol. The first-order chi connectivity index (χ1) is 14.3. The van der Waals surface area contributed by atoms with Crippen LogP contribution in [0.4, 0.5) is 0 Å². The molecule has 0 spiro atoms. The number of nitrogens with one attached hydrogen (secondary N) is 2. The van der Waals surface area contributed by atoms with Crippen molar-refractivity contribution < 1.29 is 24.2 Å². The van der Waals surface area contributed by atoms with Gasteiger partial charge in [0.05, 0.1) is 6.21 Å². The first-order valence-electron chi connectivity index (χ1n) is 9.41. The summed E-state index contributed by atoms with van der Waals surface area (Å²) in [5, 5.41) is 15.3. The third-order valence-electron chi connectivity index (χ3n) is 4.16. The van der Waals surface area contributed by atoms with Gasteiger partial charge in [-0.3, -0.25) is 9.59 Å². The number of nitrogens with zero attached hydrogens (tertiary/aromatic N) is 1. The minimum atomic E-state index is -1.08. The van der Waals surface area contributed by atoms with Gasteiger partial charge in [0.1, 0.15) is 11.8 Å². The minimum absolute atomic E-state index is 0.151. The van der Waals surface area contributed by atoms with Crippen molar-refractivity contribution >= 4 is 24.0 Å². The fourth-order valence-corrected chi connectivity index (χ4v) is 2.53. The summed E-state index contributed by atoms with van der Waals surface area (Å²) >= 11 is 0. The molecular weight excluding hydrogens is 386 g/mol. The molecule has 2 aromatic carbocycles. The lowest BCUT2D eigenvalue weighted by Gasteiger charge is -2.20. The summed E-state index contributed by atoms with van der Waals surface area (Å²) in [6.45, 7) is 5.13. The lowest BCUT2D eigenvalue weighted by atomic mass is 10.0. The molecule has 0 radical (unpaired) electrons. The van der Waals surface area contributed by atoms with Crippen molar-refractivity contribution in [3.05, 3.63) is 65.2 Å². The van der Waals surface area contributed by atoms with E-state index in [0.29, 0.717) is 16.9 Å². The van der Waals surface area contributed by atoms with E-state index in [1.54, 1.807) is 36.4 Å². The number of carbonyl (C=O) groups excluding carboxylic acids is 2. The van der Waals surface area contributed by atoms with Gasteiger partial charge in [-0.25, -0.2) is 10.2 Å². The minimum Gasteiger partial charge on any atom is -0.482 e. The highest BCUT2D eigenvalue weighted by Gasteiger charge is 2.24. The molecule has 0 saturated heterocycles. The Morgan fingerprint density at radius 1 is 1.13 bits per heavy atom. The van der Waals surface area contributed by atoms with E-state index in [9.17, 15) is 14.4 Å². The van der Waals surface area contributed by atoms with E-state index in [2.05, 4.69) is 15.8 Å². The molecule has 0 aliphatic heterocycles. The standard InChI is InChI=1S/C22H25N3O5/c1-14(2)20(24-21(28)17-9-7-15(3)8-10-17)22(29)25-23-12-16-5-4-6-18(11-16)30-13-19(26)27/h4-12,14,20H,13H2,1-3H3,(H,24,28)(H,25,29)(H,26,27). The Morgan fingerprint density at radius 3 is 2.47 bits per heavy atom. The topological polar surface area (TPSA) is 117 Å². The van der Waals surface area contributed by atoms with Gasteiger partial charge in [-0.2, -0.15) is 5.10 Å². The quantitative estimate of drug-likeness (QED) is 0.433. The zero-order valence-electron chi connectivity index (χ0n) is 17.1. The molecule has 30 heavy (non-hydrogen) atoms. The van der Waals surface area contributed by atoms with Crippen molar-refractivity contribution in [2.45, 2.75) is 26.8 Å². The number of hydrogen-bond donors (Lipinski definition) is 3. The number of aryl methyl sites for hydroxylation is 1. The molecule has 2 rings (SSSR count). The second-order valence-electron chi connectivity index (χ2n) is 7.05. The van der Waals surface area contributed by atoms with Crippen LogP contribution < -0.4 is 15.5 Å². The normalized spacial score (nSPS) is 11.9. The molecule has 8 heteroatoms. The van der Waals surface area contributed by atoms with Gasteiger partial charge in [0, 0.05) is 5.56 Å². The van der Waals surface area contributed by atoms with Gasteiger partial charge in [-0.1, -0.05) is 43.7 Å². The fourth-order valence-electron chi connectivity index (χ4n) is 2.53. The molecule has 1 unspecified atom stereocenters. The maximum Gasteiger partial charge on any atom is 0.341 e. The number of benzene rings is 2. The summed E-state index contributed by atoms with van der Waals surface area (Å²) < 4.78 is 5.10. The maximum absolute atomic E-state index is 12.5. The number of aliphatic carboxylic acids is 1. The zero-order valence-corrected chi connectivity index (χ0v) is 17.1. The molecule has 2 amide bonds. The Kier molecular flexibility index (Phi) is 8.10. The van der Waals surface area contributed by atoms with Crippen LogP contribution in [0.2, 0.25) is 0 Å². The Hall–Kier alpha value is -3.68. The number of hydrogen-bond acceptors (Lipinski definition) is 5. The maximum atomic E-state index is 12.5. The van der Waals surface area contributed by atoms with E-state index in [0.717, 1.165) is 5.56 Å². The number of ether oxygens (including phenoxy) is 1. The Morgan fingerprint density at radius 2 is 1.83 bits per heavy atom. The van der Waals surface area contributed by atoms with Gasteiger partial charge in [-0.05, 0) is 42.7 Å². The summed E-state index contributed by atoms with van der Waals surface area (Å²) in [5.41, 5.74) is 4.55. The molecule has 3 N–H and O–H groups in total. The second kappa shape index (κ2) is 10.8. The second-order valence-corrected chi connectivity index (χ2v) is 7.05. The molecule has 0 aromatic heterocycles. The van der Waals surface area contributed by atoms with Crippen LogP contribution in [0.3, 0.4) is 0 Å². The number of rotatable bonds is 9. The van der Waals surface area contributed by atoms with Crippen LogP contribution in [0.5, 0.6) is 5.75 Å². The molecular formula is C22H25N3O5. The summed E-state index contributed by atoms with van der Waals surface area (Å²) in [5.74, 6) is -1.63. The predicted octanol–water partition coefficient (Wildman–Crippen LogP) is 2.36. The van der Waals surface area contributed by atoms with Crippen LogP contribution in [0, 0.1) is 12.8 Å². The fraction of sp³-hybridized carbons (Fsp3) is 0.273. The zero-order chi connectivity index (χ0) is 22.1. The Bertz CT molecular complexity index is 923. The van der Waals surface area contributed by atoms with Crippen molar-refractivity contribution in [2.24, 2.45) is 11.0 Å². The van der Waals surface area contributed by atoms with Crippen LogP contribution in [0.1, 0.15) is 35.3 Å². The van der Waals surface area contributed by atoms with E-state index < -0.39 is 24.5 Å². The Labute approximate surface area is 174 Å². The SMILES string of the molecule is Cc1ccc(C(=O)NC(C(=O)NN=Cc2cccc(OCC(=O)O)c2)C(C)C)cc1. The molecule has 0 aliphatic rings. The molecule has 0 fully saturated rings. The van der Waals surface area contributed by atoms with E-state index in [4.69, 9.17) is 9.84 Å². The van der Waals surface area contributed by atoms with Gasteiger partial charge in [-0.15, -0.1) is 0 Å². The Balaban J connectivity index is 1.98. The molecule has 2 aromatic rings. The highest BCUT2D eigenvalue weighted by atomic mass is 16.5. The smallest absolute Gasteiger partial charge is 0.341 e. The predicted molar refractivity (Wildman–Crippen MR) is 113 cm³/mol. The van der Waals surface area contributed by atoms with Gasteiger partial charge in [0.15, 0.2) is 6.61 Å². The van der Waals surface area contributed by atoms with E-state index in [-0.39, 0.29) is 11.8 Å². The first-order valence-corrected chi connectivity index (χ1v) is 9.41. The highest BCUT2D eigenvalue weighted by Crippen LogP contribution is 2.12. The summed E-state index contributed by atoms with van der Waals surface area (Å²) in [6, 6.07) is 12.9. The number of amides is 2. The molecule has 158 valence electrons. The lowest BCUT2D eigenvalue weighted by Crippen LogP contribution is -2.48. The molecule has 1 atom stereocenters. The third kappa shape index (κ3) is 7.05. The van der Waals surface area contributed by atoms with E-state index in [1.807, 2.05) is 32.9 Å². The van der Waals surface area contributed by atoms with Crippen molar-refractivity contribution in [2.75, 3.05) is 6.61 Å². The van der Waals surface area contributed by atoms with Crippen molar-refractivity contribution in [3.8, 4) is 5.75 Å². The number of hydrazone groups is 1. The van der Waals surface area contributed by atoms with Crippen LogP contribution in [-0.2, 0) is 9.59 Å². The van der Waals surface area contributed by atoms with Crippen molar-refractivity contribution in [3.63, 3.8) is 0 Å². The summed E-state index contributed by atoms with van der Waals surface area (Å²) in [6.07, 6.45) is 1.41. The van der Waals surface area contributed by atoms with Crippen LogP contribution >= 0.6 is 0 Å². The van der Waals surface area contributed by atoms with Gasteiger partial charge in [0.2, 0.25) is 0 Å². The van der Waals surface area contributed by atoms with Crippen LogP contribution in [0.25, 0.3) is 0 Å². The first kappa shape index (κ1) is 22.6. The molecule has 0 aliphatic carbocycles. The van der Waals surface area contributed by atoms with Gasteiger partial charge in [0.25, 0.3) is 11.8 Å². The largest absolute Gasteiger partial charge is 0.482 e. The van der Waals surface area contributed by atoms with Crippen LogP contribution in [-0.4, -0.2) is 41.8 Å². The third-order valence-corrected chi connectivity index (χ3v) is 4.16. The average Bonchev–Trinajstić information content (AvgIpc) is 2.70. The lowest BCUT2D eigenvalue weighted by molar-refractivity contribution is -0.139. The van der Waals surface area contributed by atoms with Gasteiger partial charge < -0.3 is 15.2 Å².